The van der Waals surface area contributed by atoms with Crippen LogP contribution in [0, 0.1) is 0 Å². The largest absolute Gasteiger partial charge is 0.369 e. The van der Waals surface area contributed by atoms with Crippen molar-refractivity contribution in [2.24, 2.45) is 5.73 Å². The molecule has 5 nitrogen and oxygen atoms in total. The minimum absolute atomic E-state index is 0.122. The Morgan fingerprint density at radius 3 is 2.96 bits per heavy atom. The van der Waals surface area contributed by atoms with Gasteiger partial charge in [-0.2, -0.15) is 0 Å². The molecule has 8 heteroatoms. The van der Waals surface area contributed by atoms with Crippen molar-refractivity contribution >= 4 is 50.6 Å². The van der Waals surface area contributed by atoms with Crippen LogP contribution in [-0.2, 0) is 11.3 Å². The molecule has 0 aliphatic heterocycles. The molecule has 1 unspecified atom stereocenters. The predicted molar refractivity (Wildman–Crippen MR) is 102 cm³/mol. The normalized spacial score (nSPS) is 12.4. The number of rotatable bonds is 6. The van der Waals surface area contributed by atoms with Crippen molar-refractivity contribution in [1.82, 2.24) is 9.55 Å². The van der Waals surface area contributed by atoms with E-state index in [1.807, 2.05) is 22.9 Å². The third kappa shape index (κ3) is 3.04. The first-order valence-corrected chi connectivity index (χ1v) is 9.79. The molecule has 0 saturated carbocycles. The molecule has 0 aromatic carbocycles. The lowest BCUT2D eigenvalue weighted by Gasteiger charge is -2.12. The first-order valence-electron chi connectivity index (χ1n) is 7.15. The average molecular weight is 378 g/mol. The van der Waals surface area contributed by atoms with Crippen LogP contribution in [0.2, 0.25) is 0 Å². The van der Waals surface area contributed by atoms with Gasteiger partial charge in [-0.3, -0.25) is 14.2 Å². The second-order valence-electron chi connectivity index (χ2n) is 5.07. The highest BCUT2D eigenvalue weighted by Gasteiger charge is 2.20. The van der Waals surface area contributed by atoms with Crippen molar-refractivity contribution in [3.05, 3.63) is 45.9 Å². The number of nitrogens with two attached hydrogens (primary N) is 1. The molecule has 1 amide bonds. The standard InChI is InChI=1S/C16H15N3O2S3/c1-3-6-19-15(21)12-10(11-5-4-7-22-11)8-23-14(12)18-16(19)24-9(2)13(17)20/h3-5,7-9H,1,6H2,2H3,(H2,17,20). The third-order valence-corrected chi connectivity index (χ3v) is 6.32. The third-order valence-electron chi connectivity index (χ3n) is 3.44. The highest BCUT2D eigenvalue weighted by Crippen LogP contribution is 2.35. The minimum atomic E-state index is -0.470. The molecule has 0 bridgehead atoms. The summed E-state index contributed by atoms with van der Waals surface area (Å²) in [6.45, 7) is 5.74. The Labute approximate surface area is 150 Å². The summed E-state index contributed by atoms with van der Waals surface area (Å²) in [4.78, 5) is 30.7. The van der Waals surface area contributed by atoms with E-state index in [0.717, 1.165) is 10.4 Å². The molecule has 0 saturated heterocycles. The summed E-state index contributed by atoms with van der Waals surface area (Å²) in [5, 5.41) is 4.56. The molecule has 3 rings (SSSR count). The number of carbonyl (C=O) groups excluding carboxylic acids is 1. The van der Waals surface area contributed by atoms with Crippen molar-refractivity contribution in [3.8, 4) is 10.4 Å². The zero-order chi connectivity index (χ0) is 17.3. The van der Waals surface area contributed by atoms with Gasteiger partial charge in [-0.25, -0.2) is 4.98 Å². The number of fused-ring (bicyclic) bond motifs is 1. The summed E-state index contributed by atoms with van der Waals surface area (Å²) >= 11 is 4.21. The molecule has 0 fully saturated rings. The number of hydrogen-bond acceptors (Lipinski definition) is 6. The molecule has 0 radical (unpaired) electrons. The van der Waals surface area contributed by atoms with E-state index in [4.69, 9.17) is 5.73 Å². The molecule has 2 N–H and O–H groups in total. The fourth-order valence-electron chi connectivity index (χ4n) is 2.22. The van der Waals surface area contributed by atoms with Gasteiger partial charge in [-0.1, -0.05) is 23.9 Å². The maximum Gasteiger partial charge on any atom is 0.263 e. The fraction of sp³-hybridized carbons (Fsp3) is 0.188. The molecule has 124 valence electrons. The number of allylic oxidation sites excluding steroid dienone is 1. The van der Waals surface area contributed by atoms with Crippen LogP contribution in [0.4, 0.5) is 0 Å². The Morgan fingerprint density at radius 2 is 2.33 bits per heavy atom. The van der Waals surface area contributed by atoms with Crippen molar-refractivity contribution in [3.63, 3.8) is 0 Å². The average Bonchev–Trinajstić information content (AvgIpc) is 3.19. The summed E-state index contributed by atoms with van der Waals surface area (Å²) in [6.07, 6.45) is 1.64. The van der Waals surface area contributed by atoms with Crippen LogP contribution in [0.1, 0.15) is 6.92 Å². The van der Waals surface area contributed by atoms with Crippen LogP contribution in [0.25, 0.3) is 20.7 Å². The molecular formula is C16H15N3O2S3. The molecule has 1 atom stereocenters. The van der Waals surface area contributed by atoms with Crippen LogP contribution in [0.5, 0.6) is 0 Å². The molecule has 0 aliphatic carbocycles. The molecular weight excluding hydrogens is 362 g/mol. The smallest absolute Gasteiger partial charge is 0.263 e. The Kier molecular flexibility index (Phi) is 4.88. The number of aromatic nitrogens is 2. The summed E-state index contributed by atoms with van der Waals surface area (Å²) in [5.41, 5.74) is 6.12. The predicted octanol–water partition coefficient (Wildman–Crippen LogP) is 3.34. The number of thiophene rings is 2. The van der Waals surface area contributed by atoms with Gasteiger partial charge in [-0.05, 0) is 18.4 Å². The number of thioether (sulfide) groups is 1. The summed E-state index contributed by atoms with van der Waals surface area (Å²) < 4.78 is 1.54. The zero-order valence-electron chi connectivity index (χ0n) is 12.9. The van der Waals surface area contributed by atoms with E-state index in [-0.39, 0.29) is 5.56 Å². The van der Waals surface area contributed by atoms with Gasteiger partial charge in [-0.15, -0.1) is 29.3 Å². The number of nitrogens with zero attached hydrogens (tertiary/aromatic N) is 2. The Hall–Kier alpha value is -1.90. The van der Waals surface area contributed by atoms with Gasteiger partial charge >= 0.3 is 0 Å². The second kappa shape index (κ2) is 6.92. The maximum atomic E-state index is 13.0. The van der Waals surface area contributed by atoms with Crippen molar-refractivity contribution in [1.29, 1.82) is 0 Å². The first-order chi connectivity index (χ1) is 11.5. The number of primary amides is 1. The van der Waals surface area contributed by atoms with Crippen LogP contribution in [0.15, 0.2) is 45.5 Å². The first kappa shape index (κ1) is 16.9. The summed E-state index contributed by atoms with van der Waals surface area (Å²) in [7, 11) is 0. The Morgan fingerprint density at radius 1 is 1.54 bits per heavy atom. The number of hydrogen-bond donors (Lipinski definition) is 1. The maximum absolute atomic E-state index is 13.0. The van der Waals surface area contributed by atoms with E-state index in [2.05, 4.69) is 11.6 Å². The number of carbonyl (C=O) groups is 1. The van der Waals surface area contributed by atoms with Crippen molar-refractivity contribution in [2.75, 3.05) is 0 Å². The fourth-order valence-corrected chi connectivity index (χ4v) is 4.89. The minimum Gasteiger partial charge on any atom is -0.369 e. The van der Waals surface area contributed by atoms with Gasteiger partial charge in [0.2, 0.25) is 5.91 Å². The lowest BCUT2D eigenvalue weighted by atomic mass is 10.2. The van der Waals surface area contributed by atoms with Crippen LogP contribution < -0.4 is 11.3 Å². The molecule has 24 heavy (non-hydrogen) atoms. The quantitative estimate of drug-likeness (QED) is 0.406. The number of amides is 1. The van der Waals surface area contributed by atoms with Gasteiger partial charge in [0.1, 0.15) is 4.83 Å². The summed E-state index contributed by atoms with van der Waals surface area (Å²) in [6, 6.07) is 3.94. The van der Waals surface area contributed by atoms with Crippen LogP contribution in [-0.4, -0.2) is 20.7 Å². The van der Waals surface area contributed by atoms with Crippen LogP contribution in [0.3, 0.4) is 0 Å². The van der Waals surface area contributed by atoms with Gasteiger partial charge in [0.25, 0.3) is 5.56 Å². The molecule has 3 heterocycles. The van der Waals surface area contributed by atoms with Crippen molar-refractivity contribution < 1.29 is 4.79 Å². The lowest BCUT2D eigenvalue weighted by molar-refractivity contribution is -0.117. The van der Waals surface area contributed by atoms with Gasteiger partial charge in [0.05, 0.1) is 10.6 Å². The topological polar surface area (TPSA) is 78.0 Å². The zero-order valence-corrected chi connectivity index (χ0v) is 15.3. The monoisotopic (exact) mass is 377 g/mol. The highest BCUT2D eigenvalue weighted by molar-refractivity contribution is 8.00. The summed E-state index contributed by atoms with van der Waals surface area (Å²) in [5.74, 6) is -0.440. The van der Waals surface area contributed by atoms with E-state index >= 15 is 0 Å². The Balaban J connectivity index is 2.21. The van der Waals surface area contributed by atoms with Gasteiger partial charge in [0.15, 0.2) is 5.16 Å². The van der Waals surface area contributed by atoms with E-state index < -0.39 is 11.2 Å². The van der Waals surface area contributed by atoms with Gasteiger partial charge in [0, 0.05) is 22.4 Å². The second-order valence-corrected chi connectivity index (χ2v) is 8.18. The van der Waals surface area contributed by atoms with E-state index in [0.29, 0.717) is 21.9 Å². The lowest BCUT2D eigenvalue weighted by Crippen LogP contribution is -2.26. The van der Waals surface area contributed by atoms with Crippen molar-refractivity contribution in [2.45, 2.75) is 23.9 Å². The molecule has 0 aliphatic rings. The van der Waals surface area contributed by atoms with Crippen LogP contribution >= 0.6 is 34.4 Å². The SMILES string of the molecule is C=CCn1c(SC(C)C(N)=O)nc2scc(-c3cccs3)c2c1=O. The van der Waals surface area contributed by atoms with Gasteiger partial charge < -0.3 is 5.73 Å². The Bertz CT molecular complexity index is 957. The molecule has 3 aromatic rings. The van der Waals surface area contributed by atoms with E-state index in [1.165, 1.54) is 23.1 Å². The highest BCUT2D eigenvalue weighted by atomic mass is 32.2. The molecule has 3 aromatic heterocycles. The van der Waals surface area contributed by atoms with E-state index in [9.17, 15) is 9.59 Å². The molecule has 0 spiro atoms. The van der Waals surface area contributed by atoms with E-state index in [1.54, 1.807) is 28.9 Å².